The van der Waals surface area contributed by atoms with Gasteiger partial charge in [-0.25, -0.2) is 0 Å². The van der Waals surface area contributed by atoms with Crippen LogP contribution >= 0.6 is 0 Å². The highest BCUT2D eigenvalue weighted by Crippen LogP contribution is 2.29. The highest BCUT2D eigenvalue weighted by molar-refractivity contribution is 5.60. The van der Waals surface area contributed by atoms with Crippen molar-refractivity contribution >= 4 is 5.69 Å². The molecule has 0 aromatic heterocycles. The van der Waals surface area contributed by atoms with Crippen LogP contribution in [0.15, 0.2) is 18.2 Å². The number of fused-ring (bicyclic) bond motifs is 1. The number of benzene rings is 1. The fourth-order valence-corrected chi connectivity index (χ4v) is 2.17. The first kappa shape index (κ1) is 9.53. The number of likely N-dealkylation sites (N-methyl/N-ethyl adjacent to an activating group) is 1. The van der Waals surface area contributed by atoms with E-state index in [1.807, 2.05) is 0 Å². The van der Waals surface area contributed by atoms with E-state index in [4.69, 9.17) is 5.11 Å². The van der Waals surface area contributed by atoms with Gasteiger partial charge in [0.05, 0.1) is 0 Å². The topological polar surface area (TPSA) is 23.5 Å². The van der Waals surface area contributed by atoms with Crippen molar-refractivity contribution < 1.29 is 5.11 Å². The van der Waals surface area contributed by atoms with Gasteiger partial charge >= 0.3 is 0 Å². The van der Waals surface area contributed by atoms with Crippen molar-refractivity contribution in [2.75, 3.05) is 25.1 Å². The Morgan fingerprint density at radius 2 is 2.29 bits per heavy atom. The molecule has 0 unspecified atom stereocenters. The van der Waals surface area contributed by atoms with E-state index in [-0.39, 0.29) is 0 Å². The van der Waals surface area contributed by atoms with E-state index in [0.717, 1.165) is 25.8 Å². The Hall–Kier alpha value is -1.02. The van der Waals surface area contributed by atoms with Crippen LogP contribution < -0.4 is 4.90 Å². The van der Waals surface area contributed by atoms with Crippen molar-refractivity contribution in [1.29, 1.82) is 0 Å². The number of hydrogen-bond acceptors (Lipinski definition) is 2. The van der Waals surface area contributed by atoms with E-state index in [9.17, 15) is 0 Å². The molecule has 0 saturated heterocycles. The van der Waals surface area contributed by atoms with Gasteiger partial charge in [-0.05, 0) is 36.5 Å². The number of aliphatic hydroxyl groups is 1. The van der Waals surface area contributed by atoms with Crippen LogP contribution in [0.5, 0.6) is 0 Å². The number of rotatable bonds is 3. The Balaban J connectivity index is 2.25. The average Bonchev–Trinajstić information content (AvgIpc) is 2.58. The van der Waals surface area contributed by atoms with Crippen LogP contribution in [0, 0.1) is 0 Å². The Morgan fingerprint density at radius 1 is 1.43 bits per heavy atom. The largest absolute Gasteiger partial charge is 0.396 e. The zero-order valence-electron chi connectivity index (χ0n) is 8.66. The summed E-state index contributed by atoms with van der Waals surface area (Å²) >= 11 is 0. The molecule has 1 aromatic rings. The molecule has 1 heterocycles. The molecule has 0 spiro atoms. The lowest BCUT2D eigenvalue weighted by molar-refractivity contribution is 0.288. The van der Waals surface area contributed by atoms with Crippen LogP contribution in [-0.4, -0.2) is 25.3 Å². The first-order valence-corrected chi connectivity index (χ1v) is 5.25. The quantitative estimate of drug-likeness (QED) is 0.784. The van der Waals surface area contributed by atoms with Crippen LogP contribution in [0.2, 0.25) is 0 Å². The Morgan fingerprint density at radius 3 is 3.07 bits per heavy atom. The van der Waals surface area contributed by atoms with E-state index in [1.54, 1.807) is 0 Å². The molecule has 1 aromatic carbocycles. The van der Waals surface area contributed by atoms with Crippen molar-refractivity contribution in [3.8, 4) is 0 Å². The summed E-state index contributed by atoms with van der Waals surface area (Å²) in [5.74, 6) is 0. The van der Waals surface area contributed by atoms with Gasteiger partial charge in [-0.2, -0.15) is 0 Å². The van der Waals surface area contributed by atoms with Crippen molar-refractivity contribution in [2.24, 2.45) is 0 Å². The number of hydrogen-bond donors (Lipinski definition) is 1. The summed E-state index contributed by atoms with van der Waals surface area (Å²) in [5, 5.41) is 8.82. The molecule has 0 fully saturated rings. The molecule has 0 radical (unpaired) electrons. The van der Waals surface area contributed by atoms with Crippen molar-refractivity contribution in [2.45, 2.75) is 19.3 Å². The molecule has 1 aliphatic heterocycles. The summed E-state index contributed by atoms with van der Waals surface area (Å²) in [5.41, 5.74) is 4.28. The maximum absolute atomic E-state index is 8.82. The smallest absolute Gasteiger partial charge is 0.0434 e. The highest BCUT2D eigenvalue weighted by atomic mass is 16.2. The average molecular weight is 191 g/mol. The summed E-state index contributed by atoms with van der Waals surface area (Å²) < 4.78 is 0. The molecule has 2 rings (SSSR count). The van der Waals surface area contributed by atoms with E-state index in [1.165, 1.54) is 16.8 Å². The number of anilines is 1. The van der Waals surface area contributed by atoms with Gasteiger partial charge < -0.3 is 10.0 Å². The standard InChI is InChI=1S/C12H17NO/c1-13-8-7-11-10(5-3-9-14)4-2-6-12(11)13/h2,4,6,14H,3,5,7-9H2,1H3. The highest BCUT2D eigenvalue weighted by Gasteiger charge is 2.17. The second-order valence-corrected chi connectivity index (χ2v) is 3.91. The maximum Gasteiger partial charge on any atom is 0.0434 e. The minimum atomic E-state index is 0.291. The van der Waals surface area contributed by atoms with Gasteiger partial charge in [0, 0.05) is 25.9 Å². The lowest BCUT2D eigenvalue weighted by atomic mass is 10.0. The predicted octanol–water partition coefficient (Wildman–Crippen LogP) is 1.60. The number of nitrogens with zero attached hydrogens (tertiary/aromatic N) is 1. The lowest BCUT2D eigenvalue weighted by Gasteiger charge is -2.12. The second kappa shape index (κ2) is 4.01. The summed E-state index contributed by atoms with van der Waals surface area (Å²) in [6.07, 6.45) is 3.04. The van der Waals surface area contributed by atoms with E-state index < -0.39 is 0 Å². The zero-order valence-corrected chi connectivity index (χ0v) is 8.66. The Bertz CT molecular complexity index is 322. The first-order valence-electron chi connectivity index (χ1n) is 5.25. The third-order valence-electron chi connectivity index (χ3n) is 2.96. The van der Waals surface area contributed by atoms with Crippen molar-refractivity contribution in [3.05, 3.63) is 29.3 Å². The predicted molar refractivity (Wildman–Crippen MR) is 58.8 cm³/mol. The number of aliphatic hydroxyl groups excluding tert-OH is 1. The monoisotopic (exact) mass is 191 g/mol. The summed E-state index contributed by atoms with van der Waals surface area (Å²) in [6.45, 7) is 1.42. The van der Waals surface area contributed by atoms with E-state index >= 15 is 0 Å². The van der Waals surface area contributed by atoms with Gasteiger partial charge in [0.1, 0.15) is 0 Å². The molecule has 0 saturated carbocycles. The summed E-state index contributed by atoms with van der Waals surface area (Å²) in [4.78, 5) is 2.30. The van der Waals surface area contributed by atoms with Gasteiger partial charge in [-0.15, -0.1) is 0 Å². The maximum atomic E-state index is 8.82. The number of aryl methyl sites for hydroxylation is 1. The van der Waals surface area contributed by atoms with Gasteiger partial charge in [0.25, 0.3) is 0 Å². The lowest BCUT2D eigenvalue weighted by Crippen LogP contribution is -2.12. The van der Waals surface area contributed by atoms with Crippen molar-refractivity contribution in [1.82, 2.24) is 0 Å². The molecule has 2 heteroatoms. The SMILES string of the molecule is CN1CCc2c(CCCO)cccc21. The molecule has 76 valence electrons. The van der Waals surface area contributed by atoms with Gasteiger partial charge in [0.15, 0.2) is 0 Å². The summed E-state index contributed by atoms with van der Waals surface area (Å²) in [7, 11) is 2.14. The van der Waals surface area contributed by atoms with Gasteiger partial charge in [0.2, 0.25) is 0 Å². The second-order valence-electron chi connectivity index (χ2n) is 3.91. The van der Waals surface area contributed by atoms with E-state index in [2.05, 4.69) is 30.1 Å². The summed E-state index contributed by atoms with van der Waals surface area (Å²) in [6, 6.07) is 6.49. The zero-order chi connectivity index (χ0) is 9.97. The molecule has 0 aliphatic carbocycles. The minimum Gasteiger partial charge on any atom is -0.396 e. The van der Waals surface area contributed by atoms with Crippen LogP contribution in [0.25, 0.3) is 0 Å². The van der Waals surface area contributed by atoms with Crippen LogP contribution in [0.1, 0.15) is 17.5 Å². The fraction of sp³-hybridized carbons (Fsp3) is 0.500. The third kappa shape index (κ3) is 1.62. The fourth-order valence-electron chi connectivity index (χ4n) is 2.17. The van der Waals surface area contributed by atoms with Crippen LogP contribution in [0.4, 0.5) is 5.69 Å². The third-order valence-corrected chi connectivity index (χ3v) is 2.96. The van der Waals surface area contributed by atoms with E-state index in [0.29, 0.717) is 6.61 Å². The van der Waals surface area contributed by atoms with Gasteiger partial charge in [-0.1, -0.05) is 12.1 Å². The van der Waals surface area contributed by atoms with Crippen molar-refractivity contribution in [3.63, 3.8) is 0 Å². The molecule has 0 amide bonds. The minimum absolute atomic E-state index is 0.291. The Labute approximate surface area is 85.2 Å². The molecule has 0 atom stereocenters. The molecule has 14 heavy (non-hydrogen) atoms. The normalized spacial score (nSPS) is 14.6. The molecule has 0 bridgehead atoms. The Kier molecular flexibility index (Phi) is 2.73. The van der Waals surface area contributed by atoms with Gasteiger partial charge in [-0.3, -0.25) is 0 Å². The molecule has 1 N–H and O–H groups in total. The first-order chi connectivity index (χ1) is 6.83. The molecule has 2 nitrogen and oxygen atoms in total. The molecular formula is C12H17NO. The van der Waals surface area contributed by atoms with Crippen LogP contribution in [-0.2, 0) is 12.8 Å². The van der Waals surface area contributed by atoms with Crippen LogP contribution in [0.3, 0.4) is 0 Å². The molecule has 1 aliphatic rings. The molecular weight excluding hydrogens is 174 g/mol.